The summed E-state index contributed by atoms with van der Waals surface area (Å²) >= 11 is 1.58. The predicted octanol–water partition coefficient (Wildman–Crippen LogP) is 6.25. The minimum absolute atomic E-state index is 0.0730. The minimum Gasteiger partial charge on any atom is -0.360 e. The van der Waals surface area contributed by atoms with Gasteiger partial charge in [0.1, 0.15) is 11.2 Å². The zero-order valence-electron chi connectivity index (χ0n) is 21.1. The molecule has 1 aliphatic rings. The third-order valence-electron chi connectivity index (χ3n) is 7.09. The molecule has 1 aromatic heterocycles. The van der Waals surface area contributed by atoms with Gasteiger partial charge in [-0.2, -0.15) is 0 Å². The van der Waals surface area contributed by atoms with Gasteiger partial charge in [-0.05, 0) is 22.3 Å². The Hall–Kier alpha value is -4.29. The van der Waals surface area contributed by atoms with E-state index in [4.69, 9.17) is 4.98 Å². The highest BCUT2D eigenvalue weighted by atomic mass is 32.2. The lowest BCUT2D eigenvalue weighted by Gasteiger charge is -2.44. The number of fused-ring (bicyclic) bond motifs is 1. The molecule has 0 atom stereocenters. The van der Waals surface area contributed by atoms with Gasteiger partial charge in [-0.1, -0.05) is 133 Å². The molecule has 0 spiro atoms. The number of thioether (sulfide) groups is 1. The van der Waals surface area contributed by atoms with Gasteiger partial charge in [0.05, 0.1) is 6.67 Å². The minimum atomic E-state index is -0.706. The smallest absolute Gasteiger partial charge is 0.279 e. The van der Waals surface area contributed by atoms with Crippen LogP contribution in [0.5, 0.6) is 0 Å². The van der Waals surface area contributed by atoms with Crippen molar-refractivity contribution in [2.75, 3.05) is 16.9 Å². The molecule has 0 radical (unpaired) electrons. The molecule has 4 aromatic carbocycles. The Morgan fingerprint density at radius 2 is 1.24 bits per heavy atom. The highest BCUT2D eigenvalue weighted by Gasteiger charge is 2.46. The van der Waals surface area contributed by atoms with Crippen LogP contribution in [0.25, 0.3) is 0 Å². The van der Waals surface area contributed by atoms with Gasteiger partial charge in [-0.25, -0.2) is 4.98 Å². The van der Waals surface area contributed by atoms with Gasteiger partial charge < -0.3 is 10.2 Å². The molecule has 0 fully saturated rings. The number of anilines is 2. The quantitative estimate of drug-likeness (QED) is 0.157. The highest BCUT2D eigenvalue weighted by Crippen LogP contribution is 2.47. The van der Waals surface area contributed by atoms with Gasteiger partial charge in [0.15, 0.2) is 11.0 Å². The number of hydrogen-bond donors (Lipinski definition) is 1. The van der Waals surface area contributed by atoms with E-state index in [0.717, 1.165) is 22.4 Å². The Labute approximate surface area is 226 Å². The fraction of sp³-hybridized carbons (Fsp3) is 0.125. The molecule has 5 nitrogen and oxygen atoms in total. The van der Waals surface area contributed by atoms with Crippen LogP contribution in [0.3, 0.4) is 0 Å². The first-order chi connectivity index (χ1) is 18.7. The second-order valence-electron chi connectivity index (χ2n) is 9.30. The lowest BCUT2D eigenvalue weighted by atomic mass is 9.75. The van der Waals surface area contributed by atoms with Crippen molar-refractivity contribution in [1.82, 2.24) is 9.55 Å². The van der Waals surface area contributed by atoms with Crippen molar-refractivity contribution < 1.29 is 0 Å². The molecule has 188 valence electrons. The van der Waals surface area contributed by atoms with Crippen LogP contribution < -0.4 is 15.8 Å². The largest absolute Gasteiger partial charge is 0.360 e. The summed E-state index contributed by atoms with van der Waals surface area (Å²) < 4.78 is 1.65. The summed E-state index contributed by atoms with van der Waals surface area (Å²) in [6, 6.07) is 41.7. The summed E-state index contributed by atoms with van der Waals surface area (Å²) in [4.78, 5) is 21.0. The monoisotopic (exact) mass is 516 g/mol. The van der Waals surface area contributed by atoms with E-state index in [9.17, 15) is 4.79 Å². The third kappa shape index (κ3) is 4.07. The maximum Gasteiger partial charge on any atom is 0.279 e. The molecule has 0 saturated carbocycles. The molecule has 1 N–H and O–H groups in total. The van der Waals surface area contributed by atoms with Gasteiger partial charge in [0.2, 0.25) is 0 Å². The van der Waals surface area contributed by atoms with E-state index in [1.165, 1.54) is 5.56 Å². The second kappa shape index (κ2) is 10.2. The van der Waals surface area contributed by atoms with Crippen LogP contribution in [0.1, 0.15) is 22.3 Å². The summed E-state index contributed by atoms with van der Waals surface area (Å²) in [5, 5.41) is 4.08. The van der Waals surface area contributed by atoms with E-state index in [2.05, 4.69) is 95.1 Å². The van der Waals surface area contributed by atoms with E-state index < -0.39 is 5.54 Å². The number of benzene rings is 4. The van der Waals surface area contributed by atoms with Crippen molar-refractivity contribution in [3.63, 3.8) is 0 Å². The first-order valence-corrected chi connectivity index (χ1v) is 13.6. The van der Waals surface area contributed by atoms with Crippen LogP contribution in [0.4, 0.5) is 11.5 Å². The lowest BCUT2D eigenvalue weighted by molar-refractivity contribution is 0.573. The Bertz CT molecular complexity index is 1490. The van der Waals surface area contributed by atoms with E-state index in [0.29, 0.717) is 23.3 Å². The SMILES string of the molecule is Cn1c(SCc2ccccc2)nc2c(c1=O)NCN2C(c1ccccc1)(c1ccccc1)c1ccccc1. The van der Waals surface area contributed by atoms with Crippen molar-refractivity contribution in [3.05, 3.63) is 154 Å². The number of nitrogens with zero attached hydrogens (tertiary/aromatic N) is 3. The molecule has 0 unspecified atom stereocenters. The molecule has 0 bridgehead atoms. The van der Waals surface area contributed by atoms with E-state index in [-0.39, 0.29) is 5.56 Å². The topological polar surface area (TPSA) is 50.2 Å². The molecular weight excluding hydrogens is 488 g/mol. The van der Waals surface area contributed by atoms with Crippen LogP contribution in [-0.4, -0.2) is 16.2 Å². The summed E-state index contributed by atoms with van der Waals surface area (Å²) in [6.07, 6.45) is 0. The number of hydrogen-bond acceptors (Lipinski definition) is 5. The maximum atomic E-state index is 13.6. The van der Waals surface area contributed by atoms with Crippen molar-refractivity contribution in [2.24, 2.45) is 7.05 Å². The number of nitrogens with one attached hydrogen (secondary N) is 1. The van der Waals surface area contributed by atoms with Gasteiger partial charge >= 0.3 is 0 Å². The predicted molar refractivity (Wildman–Crippen MR) is 156 cm³/mol. The summed E-state index contributed by atoms with van der Waals surface area (Å²) in [6.45, 7) is 0.447. The Balaban J connectivity index is 1.56. The second-order valence-corrected chi connectivity index (χ2v) is 10.2. The first-order valence-electron chi connectivity index (χ1n) is 12.7. The number of rotatable bonds is 7. The van der Waals surface area contributed by atoms with E-state index in [1.54, 1.807) is 23.4 Å². The third-order valence-corrected chi connectivity index (χ3v) is 8.19. The Morgan fingerprint density at radius 3 is 1.74 bits per heavy atom. The van der Waals surface area contributed by atoms with Crippen molar-refractivity contribution >= 4 is 23.3 Å². The van der Waals surface area contributed by atoms with Crippen LogP contribution in [0.15, 0.2) is 131 Å². The maximum absolute atomic E-state index is 13.6. The van der Waals surface area contributed by atoms with Crippen LogP contribution in [0.2, 0.25) is 0 Å². The Morgan fingerprint density at radius 1 is 0.763 bits per heavy atom. The van der Waals surface area contributed by atoms with Crippen molar-refractivity contribution in [1.29, 1.82) is 0 Å². The molecule has 1 aliphatic heterocycles. The van der Waals surface area contributed by atoms with E-state index >= 15 is 0 Å². The molecule has 38 heavy (non-hydrogen) atoms. The molecular formula is C32H28N4OS. The zero-order chi connectivity index (χ0) is 26.0. The van der Waals surface area contributed by atoms with Gasteiger partial charge in [-0.3, -0.25) is 9.36 Å². The summed E-state index contributed by atoms with van der Waals surface area (Å²) in [5.74, 6) is 1.40. The highest BCUT2D eigenvalue weighted by molar-refractivity contribution is 7.98. The molecule has 0 saturated heterocycles. The average molecular weight is 517 g/mol. The zero-order valence-corrected chi connectivity index (χ0v) is 21.9. The lowest BCUT2D eigenvalue weighted by Crippen LogP contribution is -2.48. The molecule has 5 aromatic rings. The molecule has 0 aliphatic carbocycles. The average Bonchev–Trinajstić information content (AvgIpc) is 3.41. The summed E-state index contributed by atoms with van der Waals surface area (Å²) in [7, 11) is 1.80. The van der Waals surface area contributed by atoms with Crippen molar-refractivity contribution in [2.45, 2.75) is 16.4 Å². The van der Waals surface area contributed by atoms with Crippen LogP contribution in [-0.2, 0) is 18.3 Å². The standard InChI is InChI=1S/C32H28N4OS/c1-35-30(37)28-29(34-31(35)38-22-24-14-6-2-7-15-24)36(23-33-28)32(25-16-8-3-9-17-25,26-18-10-4-11-19-26)27-20-12-5-13-21-27/h2-21,33H,22-23H2,1H3. The van der Waals surface area contributed by atoms with Crippen LogP contribution in [0, 0.1) is 0 Å². The van der Waals surface area contributed by atoms with Crippen molar-refractivity contribution in [3.8, 4) is 0 Å². The fourth-order valence-corrected chi connectivity index (χ4v) is 6.20. The molecule has 6 rings (SSSR count). The first kappa shape index (κ1) is 24.1. The van der Waals surface area contributed by atoms with Gasteiger partial charge in [0, 0.05) is 12.8 Å². The van der Waals surface area contributed by atoms with Crippen LogP contribution >= 0.6 is 11.8 Å². The summed E-state index contributed by atoms with van der Waals surface area (Å²) in [5.41, 5.74) is 4.26. The van der Waals surface area contributed by atoms with E-state index in [1.807, 2.05) is 36.4 Å². The molecule has 2 heterocycles. The van der Waals surface area contributed by atoms with Gasteiger partial charge in [0.25, 0.3) is 5.56 Å². The van der Waals surface area contributed by atoms with Gasteiger partial charge in [-0.15, -0.1) is 0 Å². The Kier molecular flexibility index (Phi) is 6.48. The normalized spacial score (nSPS) is 12.7. The fourth-order valence-electron chi connectivity index (χ4n) is 5.29. The molecule has 6 heteroatoms. The molecule has 0 amide bonds. The number of aromatic nitrogens is 2.